The van der Waals surface area contributed by atoms with E-state index in [0.29, 0.717) is 16.5 Å². The topological polar surface area (TPSA) is 58.2 Å². The van der Waals surface area contributed by atoms with Gasteiger partial charge in [0.15, 0.2) is 0 Å². The number of hydrogen-bond acceptors (Lipinski definition) is 3. The van der Waals surface area contributed by atoms with Gasteiger partial charge in [-0.3, -0.25) is 4.72 Å². The van der Waals surface area contributed by atoms with Crippen LogP contribution in [0, 0.1) is 19.8 Å². The van der Waals surface area contributed by atoms with E-state index in [9.17, 15) is 8.42 Å². The summed E-state index contributed by atoms with van der Waals surface area (Å²) >= 11 is 0. The normalized spacial score (nSPS) is 21.8. The first-order valence-electron chi connectivity index (χ1n) is 10.6. The average Bonchev–Trinajstić information content (AvgIpc) is 3.25. The molecule has 5 heteroatoms. The number of anilines is 2. The van der Waals surface area contributed by atoms with E-state index in [1.54, 1.807) is 18.2 Å². The molecule has 0 aromatic heterocycles. The van der Waals surface area contributed by atoms with Crippen LogP contribution in [0.15, 0.2) is 83.8 Å². The highest BCUT2D eigenvalue weighted by Gasteiger charge is 2.39. The van der Waals surface area contributed by atoms with Crippen molar-refractivity contribution in [3.8, 4) is 0 Å². The molecule has 1 heterocycles. The van der Waals surface area contributed by atoms with Gasteiger partial charge in [-0.15, -0.1) is 0 Å². The van der Waals surface area contributed by atoms with E-state index in [-0.39, 0.29) is 12.0 Å². The third-order valence-electron chi connectivity index (χ3n) is 6.44. The molecule has 0 saturated carbocycles. The van der Waals surface area contributed by atoms with E-state index in [0.717, 1.165) is 17.7 Å². The Labute approximate surface area is 184 Å². The summed E-state index contributed by atoms with van der Waals surface area (Å²) in [6.07, 6.45) is 5.45. The van der Waals surface area contributed by atoms with Crippen molar-refractivity contribution in [1.29, 1.82) is 0 Å². The van der Waals surface area contributed by atoms with Gasteiger partial charge in [0.2, 0.25) is 0 Å². The molecule has 3 aromatic rings. The summed E-state index contributed by atoms with van der Waals surface area (Å²) in [5, 5.41) is 3.73. The smallest absolute Gasteiger partial charge is 0.261 e. The zero-order valence-corrected chi connectivity index (χ0v) is 18.5. The van der Waals surface area contributed by atoms with E-state index >= 15 is 0 Å². The Bertz CT molecular complexity index is 1270. The first kappa shape index (κ1) is 19.9. The molecule has 0 amide bonds. The fourth-order valence-corrected chi connectivity index (χ4v) is 5.96. The lowest BCUT2D eigenvalue weighted by Gasteiger charge is -2.38. The van der Waals surface area contributed by atoms with Gasteiger partial charge in [0.05, 0.1) is 10.9 Å². The van der Waals surface area contributed by atoms with Crippen LogP contribution in [0.1, 0.15) is 40.6 Å². The molecular formula is C26H26N2O2S. The Hall–Kier alpha value is -3.05. The second-order valence-electron chi connectivity index (χ2n) is 8.56. The van der Waals surface area contributed by atoms with Gasteiger partial charge in [0.25, 0.3) is 10.0 Å². The summed E-state index contributed by atoms with van der Waals surface area (Å²) in [4.78, 5) is 0.293. The number of sulfonamides is 1. The number of rotatable bonds is 4. The molecule has 0 spiro atoms. The lowest BCUT2D eigenvalue weighted by molar-refractivity contribution is 0.424. The Balaban J connectivity index is 1.52. The lowest BCUT2D eigenvalue weighted by atomic mass is 9.76. The van der Waals surface area contributed by atoms with E-state index in [1.165, 1.54) is 16.7 Å². The summed E-state index contributed by atoms with van der Waals surface area (Å²) in [6, 6.07) is 21.2. The molecule has 3 aromatic carbocycles. The van der Waals surface area contributed by atoms with Crippen LogP contribution in [0.25, 0.3) is 0 Å². The van der Waals surface area contributed by atoms with E-state index < -0.39 is 10.0 Å². The first-order valence-corrected chi connectivity index (χ1v) is 12.1. The molecule has 0 radical (unpaired) electrons. The minimum absolute atomic E-state index is 0.202. The van der Waals surface area contributed by atoms with Gasteiger partial charge in [0, 0.05) is 17.3 Å². The molecular weight excluding hydrogens is 404 g/mol. The molecule has 2 N–H and O–H groups in total. The highest BCUT2D eigenvalue weighted by molar-refractivity contribution is 7.92. The van der Waals surface area contributed by atoms with Crippen LogP contribution in [0.2, 0.25) is 0 Å². The molecule has 158 valence electrons. The van der Waals surface area contributed by atoms with Crippen molar-refractivity contribution in [1.82, 2.24) is 0 Å². The molecule has 1 aliphatic heterocycles. The molecule has 1 aliphatic carbocycles. The summed E-state index contributed by atoms with van der Waals surface area (Å²) in [7, 11) is -3.66. The van der Waals surface area contributed by atoms with Crippen LogP contribution in [0.5, 0.6) is 0 Å². The van der Waals surface area contributed by atoms with E-state index in [1.807, 2.05) is 30.3 Å². The average molecular weight is 431 g/mol. The summed E-state index contributed by atoms with van der Waals surface area (Å²) in [5.41, 5.74) is 6.49. The number of benzene rings is 3. The van der Waals surface area contributed by atoms with Gasteiger partial charge in [-0.2, -0.15) is 0 Å². The maximum atomic E-state index is 13.0. The van der Waals surface area contributed by atoms with Crippen molar-refractivity contribution in [2.24, 2.45) is 5.92 Å². The second kappa shape index (κ2) is 7.57. The van der Waals surface area contributed by atoms with Crippen LogP contribution < -0.4 is 10.0 Å². The number of fused-ring (bicyclic) bond motifs is 3. The second-order valence-corrected chi connectivity index (χ2v) is 10.2. The number of aryl methyl sites for hydroxylation is 2. The van der Waals surface area contributed by atoms with Crippen LogP contribution >= 0.6 is 0 Å². The van der Waals surface area contributed by atoms with Crippen molar-refractivity contribution in [3.63, 3.8) is 0 Å². The van der Waals surface area contributed by atoms with Gasteiger partial charge in [-0.25, -0.2) is 8.42 Å². The largest absolute Gasteiger partial charge is 0.378 e. The molecule has 0 fully saturated rings. The van der Waals surface area contributed by atoms with Crippen molar-refractivity contribution >= 4 is 21.4 Å². The number of allylic oxidation sites excluding steroid dienone is 2. The number of nitrogens with one attached hydrogen (secondary N) is 2. The highest BCUT2D eigenvalue weighted by atomic mass is 32.2. The fourth-order valence-electron chi connectivity index (χ4n) is 4.86. The molecule has 4 nitrogen and oxygen atoms in total. The standard InChI is InChI=1S/C26H26N2O2S/c1-17-11-12-18(2)23(15-17)26-22-10-6-9-21(22)24-16-20(13-14-25(24)27-26)31(29,30)28-19-7-4-3-5-8-19/h3-9,11-16,21-22,26-28H,10H2,1-2H3/t21-,22+,26-/m0/s1. The maximum absolute atomic E-state index is 13.0. The molecule has 2 aliphatic rings. The third kappa shape index (κ3) is 3.63. The Morgan fingerprint density at radius 2 is 1.74 bits per heavy atom. The minimum Gasteiger partial charge on any atom is -0.378 e. The molecule has 0 unspecified atom stereocenters. The Morgan fingerprint density at radius 3 is 2.55 bits per heavy atom. The predicted molar refractivity (Wildman–Crippen MR) is 126 cm³/mol. The Kier molecular flexibility index (Phi) is 4.86. The fraction of sp³-hybridized carbons (Fsp3) is 0.231. The molecule has 0 bridgehead atoms. The highest BCUT2D eigenvalue weighted by Crippen LogP contribution is 2.50. The van der Waals surface area contributed by atoms with Crippen molar-refractivity contribution in [2.45, 2.75) is 37.1 Å². The van der Waals surface area contributed by atoms with Gasteiger partial charge in [-0.05, 0) is 73.2 Å². The van der Waals surface area contributed by atoms with Gasteiger partial charge >= 0.3 is 0 Å². The minimum atomic E-state index is -3.66. The quantitative estimate of drug-likeness (QED) is 0.504. The monoisotopic (exact) mass is 430 g/mol. The van der Waals surface area contributed by atoms with Gasteiger partial charge in [-0.1, -0.05) is 54.1 Å². The van der Waals surface area contributed by atoms with Crippen LogP contribution in [0.4, 0.5) is 11.4 Å². The first-order chi connectivity index (χ1) is 14.9. The lowest BCUT2D eigenvalue weighted by Crippen LogP contribution is -2.30. The maximum Gasteiger partial charge on any atom is 0.261 e. The summed E-state index contributed by atoms with van der Waals surface area (Å²) in [6.45, 7) is 4.29. The summed E-state index contributed by atoms with van der Waals surface area (Å²) < 4.78 is 28.7. The van der Waals surface area contributed by atoms with Gasteiger partial charge in [0.1, 0.15) is 0 Å². The van der Waals surface area contributed by atoms with Crippen LogP contribution in [0.3, 0.4) is 0 Å². The third-order valence-corrected chi connectivity index (χ3v) is 7.82. The van der Waals surface area contributed by atoms with Gasteiger partial charge < -0.3 is 5.32 Å². The Morgan fingerprint density at radius 1 is 0.935 bits per heavy atom. The zero-order valence-electron chi connectivity index (χ0n) is 17.7. The zero-order chi connectivity index (χ0) is 21.6. The molecule has 0 saturated heterocycles. The number of hydrogen-bond donors (Lipinski definition) is 2. The SMILES string of the molecule is Cc1ccc(C)c([C@H]2Nc3ccc(S(=O)(=O)Nc4ccccc4)cc3[C@H]3C=CC[C@H]32)c1. The van der Waals surface area contributed by atoms with Crippen LogP contribution in [-0.2, 0) is 10.0 Å². The van der Waals surface area contributed by atoms with Crippen molar-refractivity contribution in [3.05, 3.63) is 101 Å². The molecule has 31 heavy (non-hydrogen) atoms. The van der Waals surface area contributed by atoms with E-state index in [4.69, 9.17) is 0 Å². The molecule has 3 atom stereocenters. The number of para-hydroxylation sites is 1. The van der Waals surface area contributed by atoms with Crippen molar-refractivity contribution in [2.75, 3.05) is 10.0 Å². The van der Waals surface area contributed by atoms with E-state index in [2.05, 4.69) is 54.2 Å². The molecule has 5 rings (SSSR count). The summed E-state index contributed by atoms with van der Waals surface area (Å²) in [5.74, 6) is 0.570. The predicted octanol–water partition coefficient (Wildman–Crippen LogP) is 5.93. The van der Waals surface area contributed by atoms with Crippen molar-refractivity contribution < 1.29 is 8.42 Å². The van der Waals surface area contributed by atoms with Crippen LogP contribution in [-0.4, -0.2) is 8.42 Å².